The van der Waals surface area contributed by atoms with Crippen LogP contribution in [0.2, 0.25) is 0 Å². The molecule has 0 saturated heterocycles. The Kier molecular flexibility index (Phi) is 5.18. The van der Waals surface area contributed by atoms with Gasteiger partial charge < -0.3 is 15.2 Å². The number of aliphatic hydroxyl groups is 1. The number of hydrogen-bond donors (Lipinski definition) is 2. The van der Waals surface area contributed by atoms with Gasteiger partial charge in [0.05, 0.1) is 0 Å². The number of nitrogens with one attached hydrogen (secondary N) is 1. The summed E-state index contributed by atoms with van der Waals surface area (Å²) in [5.74, 6) is -0.227. The number of hydrogen-bond acceptors (Lipinski definition) is 3. The summed E-state index contributed by atoms with van der Waals surface area (Å²) in [7, 11) is 0. The molecule has 26 heavy (non-hydrogen) atoms. The van der Waals surface area contributed by atoms with Gasteiger partial charge in [-0.3, -0.25) is 0 Å². The van der Waals surface area contributed by atoms with Crippen molar-refractivity contribution >= 4 is 6.09 Å². The summed E-state index contributed by atoms with van der Waals surface area (Å²) < 4.78 is 43.5. The van der Waals surface area contributed by atoms with E-state index in [1.54, 1.807) is 5.32 Å². The lowest BCUT2D eigenvalue weighted by Crippen LogP contribution is -2.46. The number of ether oxygens (including phenoxy) is 1. The summed E-state index contributed by atoms with van der Waals surface area (Å²) in [4.78, 5) is 11.8. The monoisotopic (exact) mass is 365 g/mol. The van der Waals surface area contributed by atoms with E-state index < -0.39 is 31.3 Å². The van der Waals surface area contributed by atoms with E-state index >= 15 is 0 Å². The second kappa shape index (κ2) is 7.37. The zero-order chi connectivity index (χ0) is 18.7. The number of alkyl carbamates (subject to hydrolysis) is 1. The van der Waals surface area contributed by atoms with Gasteiger partial charge in [-0.25, -0.2) is 4.79 Å². The fourth-order valence-corrected chi connectivity index (χ4v) is 3.23. The number of amides is 1. The molecule has 138 valence electrons. The van der Waals surface area contributed by atoms with Gasteiger partial charge in [-0.05, 0) is 28.7 Å². The number of halogens is 3. The van der Waals surface area contributed by atoms with E-state index in [-0.39, 0.29) is 12.5 Å². The lowest BCUT2D eigenvalue weighted by atomic mass is 9.98. The average molecular weight is 365 g/mol. The molecule has 1 unspecified atom stereocenters. The molecule has 0 radical (unpaired) electrons. The minimum Gasteiger partial charge on any atom is -0.449 e. The molecule has 0 bridgehead atoms. The summed E-state index contributed by atoms with van der Waals surface area (Å²) in [6, 6.07) is 13.2. The first-order valence-corrected chi connectivity index (χ1v) is 8.21. The van der Waals surface area contributed by atoms with E-state index in [1.807, 2.05) is 48.5 Å². The number of benzene rings is 2. The topological polar surface area (TPSA) is 58.6 Å². The van der Waals surface area contributed by atoms with Crippen LogP contribution in [0.25, 0.3) is 11.1 Å². The summed E-state index contributed by atoms with van der Waals surface area (Å²) >= 11 is 0. The van der Waals surface area contributed by atoms with E-state index in [4.69, 9.17) is 9.84 Å². The van der Waals surface area contributed by atoms with Crippen molar-refractivity contribution < 1.29 is 27.8 Å². The zero-order valence-electron chi connectivity index (χ0n) is 13.8. The molecule has 1 amide bonds. The predicted molar refractivity (Wildman–Crippen MR) is 89.8 cm³/mol. The zero-order valence-corrected chi connectivity index (χ0v) is 13.8. The molecule has 0 aliphatic heterocycles. The van der Waals surface area contributed by atoms with Crippen LogP contribution in [0.4, 0.5) is 18.0 Å². The molecule has 7 heteroatoms. The van der Waals surface area contributed by atoms with Crippen molar-refractivity contribution in [1.82, 2.24) is 5.32 Å². The van der Waals surface area contributed by atoms with Gasteiger partial charge in [-0.2, -0.15) is 13.2 Å². The summed E-state index contributed by atoms with van der Waals surface area (Å²) in [5.41, 5.74) is 4.02. The van der Waals surface area contributed by atoms with Crippen molar-refractivity contribution in [3.63, 3.8) is 0 Å². The van der Waals surface area contributed by atoms with Crippen molar-refractivity contribution in [1.29, 1.82) is 0 Å². The molecule has 1 atom stereocenters. The van der Waals surface area contributed by atoms with E-state index in [0.717, 1.165) is 22.3 Å². The van der Waals surface area contributed by atoms with Crippen LogP contribution in [0.1, 0.15) is 23.5 Å². The molecule has 3 rings (SSSR count). The van der Waals surface area contributed by atoms with Gasteiger partial charge in [-0.15, -0.1) is 0 Å². The van der Waals surface area contributed by atoms with Crippen molar-refractivity contribution in [3.8, 4) is 11.1 Å². The number of fused-ring (bicyclic) bond motifs is 3. The molecule has 1 aliphatic carbocycles. The number of alkyl halides is 3. The van der Waals surface area contributed by atoms with Gasteiger partial charge in [0.15, 0.2) is 0 Å². The third kappa shape index (κ3) is 3.67. The molecule has 2 aromatic rings. The van der Waals surface area contributed by atoms with E-state index in [1.165, 1.54) is 0 Å². The third-order valence-electron chi connectivity index (χ3n) is 4.45. The van der Waals surface area contributed by atoms with Gasteiger partial charge in [0, 0.05) is 12.5 Å². The Morgan fingerprint density at radius 2 is 1.62 bits per heavy atom. The number of rotatable bonds is 5. The SMILES string of the molecule is O=C(NC(CCO)C(F)(F)F)OCC1c2ccccc2-c2ccccc21. The fourth-order valence-electron chi connectivity index (χ4n) is 3.23. The Hall–Kier alpha value is -2.54. The molecule has 1 aliphatic rings. The normalized spacial score (nSPS) is 14.5. The van der Waals surface area contributed by atoms with Gasteiger partial charge in [0.1, 0.15) is 12.6 Å². The van der Waals surface area contributed by atoms with E-state index in [9.17, 15) is 18.0 Å². The first-order chi connectivity index (χ1) is 12.4. The quantitative estimate of drug-likeness (QED) is 0.847. The third-order valence-corrected chi connectivity index (χ3v) is 4.45. The van der Waals surface area contributed by atoms with Crippen LogP contribution in [0.15, 0.2) is 48.5 Å². The molecule has 0 saturated carbocycles. The minimum absolute atomic E-state index is 0.0659. The minimum atomic E-state index is -4.64. The number of carbonyl (C=O) groups excluding carboxylic acids is 1. The Bertz CT molecular complexity index is 746. The largest absolute Gasteiger partial charge is 0.449 e. The summed E-state index contributed by atoms with van der Waals surface area (Å²) in [6.45, 7) is -0.753. The highest BCUT2D eigenvalue weighted by Crippen LogP contribution is 2.44. The van der Waals surface area contributed by atoms with Crippen LogP contribution in [0.5, 0.6) is 0 Å². The van der Waals surface area contributed by atoms with Crippen molar-refractivity contribution in [2.45, 2.75) is 24.6 Å². The molecule has 2 N–H and O–H groups in total. The van der Waals surface area contributed by atoms with Crippen molar-refractivity contribution in [3.05, 3.63) is 59.7 Å². The van der Waals surface area contributed by atoms with Gasteiger partial charge in [0.25, 0.3) is 0 Å². The molecular weight excluding hydrogens is 347 g/mol. The summed E-state index contributed by atoms with van der Waals surface area (Å²) in [5, 5.41) is 10.5. The second-order valence-electron chi connectivity index (χ2n) is 6.08. The van der Waals surface area contributed by atoms with Crippen LogP contribution in [-0.2, 0) is 4.74 Å². The first kappa shape index (κ1) is 18.3. The van der Waals surface area contributed by atoms with Crippen LogP contribution < -0.4 is 5.32 Å². The Morgan fingerprint density at radius 3 is 2.12 bits per heavy atom. The van der Waals surface area contributed by atoms with Crippen LogP contribution in [0, 0.1) is 0 Å². The molecule has 2 aromatic carbocycles. The van der Waals surface area contributed by atoms with Crippen LogP contribution in [-0.4, -0.2) is 36.6 Å². The van der Waals surface area contributed by atoms with Gasteiger partial charge in [-0.1, -0.05) is 48.5 Å². The molecule has 0 aromatic heterocycles. The molecule has 4 nitrogen and oxygen atoms in total. The number of carbonyl (C=O) groups is 1. The van der Waals surface area contributed by atoms with Crippen LogP contribution in [0.3, 0.4) is 0 Å². The Balaban J connectivity index is 1.71. The lowest BCUT2D eigenvalue weighted by molar-refractivity contribution is -0.157. The Labute approximate surface area is 148 Å². The molecular formula is C19H18F3NO3. The van der Waals surface area contributed by atoms with Gasteiger partial charge >= 0.3 is 12.3 Å². The molecule has 0 fully saturated rings. The highest BCUT2D eigenvalue weighted by Gasteiger charge is 2.40. The maximum absolute atomic E-state index is 12.8. The lowest BCUT2D eigenvalue weighted by Gasteiger charge is -2.21. The second-order valence-corrected chi connectivity index (χ2v) is 6.08. The fraction of sp³-hybridized carbons (Fsp3) is 0.316. The highest BCUT2D eigenvalue weighted by molar-refractivity contribution is 5.79. The van der Waals surface area contributed by atoms with Crippen molar-refractivity contribution in [2.75, 3.05) is 13.2 Å². The first-order valence-electron chi connectivity index (χ1n) is 8.21. The van der Waals surface area contributed by atoms with E-state index in [2.05, 4.69) is 0 Å². The average Bonchev–Trinajstić information content (AvgIpc) is 2.93. The highest BCUT2D eigenvalue weighted by atomic mass is 19.4. The van der Waals surface area contributed by atoms with Gasteiger partial charge in [0.2, 0.25) is 0 Å². The Morgan fingerprint density at radius 1 is 1.08 bits per heavy atom. The maximum atomic E-state index is 12.8. The molecule has 0 heterocycles. The predicted octanol–water partition coefficient (Wildman–Crippen LogP) is 3.84. The summed E-state index contributed by atoms with van der Waals surface area (Å²) in [6.07, 6.45) is -6.41. The smallest absolute Gasteiger partial charge is 0.408 e. The van der Waals surface area contributed by atoms with Crippen molar-refractivity contribution in [2.24, 2.45) is 0 Å². The standard InChI is InChI=1S/C19H18F3NO3/c20-19(21,22)17(9-10-24)23-18(25)26-11-16-14-7-3-1-5-12(14)13-6-2-4-8-15(13)16/h1-8,16-17,24H,9-11H2,(H,23,25). The van der Waals surface area contributed by atoms with E-state index in [0.29, 0.717) is 0 Å². The molecule has 0 spiro atoms. The maximum Gasteiger partial charge on any atom is 0.408 e. The number of aliphatic hydroxyl groups excluding tert-OH is 1. The van der Waals surface area contributed by atoms with Crippen LogP contribution >= 0.6 is 0 Å².